The molecular weight excluding hydrogens is 623 g/mol. The molecule has 0 saturated carbocycles. The number of nitrogens with one attached hydrogen (secondary N) is 2. The molecule has 0 aliphatic carbocycles. The maximum Gasteiger partial charge on any atom is 0.193 e. The van der Waals surface area contributed by atoms with E-state index >= 15 is 0 Å². The molecule has 0 bridgehead atoms. The highest BCUT2D eigenvalue weighted by Crippen LogP contribution is 2.27. The van der Waals surface area contributed by atoms with Crippen molar-refractivity contribution < 1.29 is 43.1 Å². The monoisotopic (exact) mass is 646 g/mol. The molecule has 0 fully saturated rings. The first kappa shape index (κ1) is 26.9. The predicted octanol–water partition coefficient (Wildman–Crippen LogP) is 1.11. The van der Waals surface area contributed by atoms with Gasteiger partial charge in [-0.2, -0.15) is 0 Å². The van der Waals surface area contributed by atoms with E-state index in [4.69, 9.17) is 23.2 Å². The zero-order valence-corrected chi connectivity index (χ0v) is 24.3. The average molecular weight is 649 g/mol. The summed E-state index contributed by atoms with van der Waals surface area (Å²) in [6, 6.07) is 16.4. The van der Waals surface area contributed by atoms with Gasteiger partial charge in [0.15, 0.2) is 24.8 Å². The van der Waals surface area contributed by atoms with Crippen molar-refractivity contribution in [1.29, 1.82) is 0 Å². The van der Waals surface area contributed by atoms with Gasteiger partial charge in [-0.1, -0.05) is 23.2 Å². The molecule has 4 aromatic heterocycles. The molecule has 6 aromatic rings. The molecule has 4 nitrogen and oxygen atoms in total. The lowest BCUT2D eigenvalue weighted by Crippen LogP contribution is -3.00. The van der Waals surface area contributed by atoms with Crippen LogP contribution in [-0.2, 0) is 13.1 Å². The number of fused-ring (bicyclic) bond motifs is 6. The molecule has 0 saturated heterocycles. The molecule has 0 unspecified atom stereocenters. The van der Waals surface area contributed by atoms with E-state index in [1.54, 1.807) is 0 Å². The van der Waals surface area contributed by atoms with Crippen LogP contribution in [-0.4, -0.2) is 9.97 Å². The van der Waals surface area contributed by atoms with Gasteiger partial charge in [-0.25, -0.2) is 9.13 Å². The van der Waals surface area contributed by atoms with E-state index in [9.17, 15) is 0 Å². The number of aromatic nitrogens is 4. The minimum absolute atomic E-state index is 0. The first-order chi connectivity index (χ1) is 16.6. The number of nitrogens with zero attached hydrogens (tertiary/aromatic N) is 2. The Bertz CT molecular complexity index is 1530. The number of aryl methyl sites for hydroxylation is 2. The Kier molecular flexibility index (Phi) is 8.61. The number of benzene rings is 2. The molecule has 6 rings (SSSR count). The standard InChI is InChI=1S/C28H24Cl2N4.2BrH/c29-19-5-7-25-23(15-19)21-9-13-33(17-27(21)31-25)11-3-1-2-4-12-34-14-10-22-24-16-20(30)6-8-26(24)32-28(22)18-34;;/h5-10,13-18H,1-4,11-12H2;2*1H. The van der Waals surface area contributed by atoms with E-state index in [-0.39, 0.29) is 34.0 Å². The smallest absolute Gasteiger partial charge is 0.193 e. The summed E-state index contributed by atoms with van der Waals surface area (Å²) in [5, 5.41) is 6.36. The van der Waals surface area contributed by atoms with E-state index in [1.807, 2.05) is 36.4 Å². The number of aromatic amines is 2. The van der Waals surface area contributed by atoms with Crippen LogP contribution < -0.4 is 43.1 Å². The third-order valence-corrected chi connectivity index (χ3v) is 7.17. The molecule has 186 valence electrons. The summed E-state index contributed by atoms with van der Waals surface area (Å²) < 4.78 is 4.56. The van der Waals surface area contributed by atoms with Crippen LogP contribution in [0.2, 0.25) is 10.0 Å². The molecule has 8 heteroatoms. The van der Waals surface area contributed by atoms with Crippen molar-refractivity contribution in [2.75, 3.05) is 0 Å². The SMILES string of the molecule is Clc1ccc2[nH]c3c[n+](CCCCCC[n+]4ccc5c(c4)[nH]c4ccc(Cl)cc45)ccc3c2c1.[Br-].[Br-]. The van der Waals surface area contributed by atoms with E-state index in [1.165, 1.54) is 47.2 Å². The molecular formula is C28H26Br2Cl2N4. The van der Waals surface area contributed by atoms with Gasteiger partial charge in [0, 0.05) is 67.6 Å². The van der Waals surface area contributed by atoms with E-state index in [2.05, 4.69) is 56.0 Å². The van der Waals surface area contributed by atoms with Crippen LogP contribution in [0.3, 0.4) is 0 Å². The maximum atomic E-state index is 6.18. The summed E-state index contributed by atoms with van der Waals surface area (Å²) in [5.74, 6) is 0. The molecule has 0 aliphatic heterocycles. The maximum absolute atomic E-state index is 6.18. The Morgan fingerprint density at radius 3 is 1.42 bits per heavy atom. The van der Waals surface area contributed by atoms with Crippen LogP contribution in [0.4, 0.5) is 0 Å². The lowest BCUT2D eigenvalue weighted by Gasteiger charge is -2.00. The number of H-pyrrole nitrogens is 2. The molecule has 0 atom stereocenters. The molecule has 2 N–H and O–H groups in total. The van der Waals surface area contributed by atoms with Gasteiger partial charge in [0.05, 0.1) is 0 Å². The third-order valence-electron chi connectivity index (χ3n) is 6.70. The summed E-state index contributed by atoms with van der Waals surface area (Å²) in [5.41, 5.74) is 4.57. The van der Waals surface area contributed by atoms with Crippen molar-refractivity contribution in [2.45, 2.75) is 38.8 Å². The summed E-state index contributed by atoms with van der Waals surface area (Å²) in [7, 11) is 0. The minimum Gasteiger partial charge on any atom is -1.00 e. The highest BCUT2D eigenvalue weighted by molar-refractivity contribution is 6.32. The van der Waals surface area contributed by atoms with Gasteiger partial charge in [-0.05, 0) is 49.2 Å². The quantitative estimate of drug-likeness (QED) is 0.193. The van der Waals surface area contributed by atoms with Gasteiger partial charge in [0.1, 0.15) is 24.1 Å². The second-order valence-corrected chi connectivity index (χ2v) is 9.94. The van der Waals surface area contributed by atoms with Crippen molar-refractivity contribution >= 4 is 66.8 Å². The fourth-order valence-electron chi connectivity index (χ4n) is 4.95. The molecule has 0 spiro atoms. The first-order valence-electron chi connectivity index (χ1n) is 11.8. The second kappa shape index (κ2) is 11.5. The normalized spacial score (nSPS) is 11.3. The average Bonchev–Trinajstić information content (AvgIpc) is 3.38. The Balaban J connectivity index is 0.00000152. The van der Waals surface area contributed by atoms with Crippen LogP contribution in [0.15, 0.2) is 73.3 Å². The number of hydrogen-bond donors (Lipinski definition) is 2. The second-order valence-electron chi connectivity index (χ2n) is 9.06. The van der Waals surface area contributed by atoms with Gasteiger partial charge < -0.3 is 43.9 Å². The highest BCUT2D eigenvalue weighted by Gasteiger charge is 2.11. The van der Waals surface area contributed by atoms with Gasteiger partial charge in [0.25, 0.3) is 0 Å². The van der Waals surface area contributed by atoms with E-state index < -0.39 is 0 Å². The van der Waals surface area contributed by atoms with Crippen molar-refractivity contribution in [3.8, 4) is 0 Å². The Morgan fingerprint density at radius 1 is 0.528 bits per heavy atom. The largest absolute Gasteiger partial charge is 1.00 e. The number of pyridine rings is 2. The predicted molar refractivity (Wildman–Crippen MR) is 140 cm³/mol. The molecule has 0 radical (unpaired) electrons. The summed E-state index contributed by atoms with van der Waals surface area (Å²) >= 11 is 12.4. The zero-order chi connectivity index (χ0) is 23.1. The number of unbranched alkanes of at least 4 members (excludes halogenated alkanes) is 3. The number of rotatable bonds is 7. The van der Waals surface area contributed by atoms with Crippen molar-refractivity contribution in [3.63, 3.8) is 0 Å². The lowest BCUT2D eigenvalue weighted by atomic mass is 10.1. The van der Waals surface area contributed by atoms with Crippen LogP contribution >= 0.6 is 23.2 Å². The minimum atomic E-state index is 0. The van der Waals surface area contributed by atoms with Crippen molar-refractivity contribution in [1.82, 2.24) is 9.97 Å². The van der Waals surface area contributed by atoms with E-state index in [0.29, 0.717) is 0 Å². The van der Waals surface area contributed by atoms with E-state index in [0.717, 1.165) is 45.2 Å². The van der Waals surface area contributed by atoms with Crippen molar-refractivity contribution in [3.05, 3.63) is 83.4 Å². The first-order valence-corrected chi connectivity index (χ1v) is 12.6. The Hall–Kier alpha value is -2.12. The van der Waals surface area contributed by atoms with Crippen LogP contribution in [0.1, 0.15) is 25.7 Å². The lowest BCUT2D eigenvalue weighted by molar-refractivity contribution is -0.697. The van der Waals surface area contributed by atoms with Gasteiger partial charge in [0.2, 0.25) is 0 Å². The molecule has 2 aromatic carbocycles. The van der Waals surface area contributed by atoms with Gasteiger partial charge >= 0.3 is 0 Å². The van der Waals surface area contributed by atoms with Crippen molar-refractivity contribution in [2.24, 2.45) is 0 Å². The van der Waals surface area contributed by atoms with Crippen LogP contribution in [0, 0.1) is 0 Å². The fourth-order valence-corrected chi connectivity index (χ4v) is 5.30. The molecule has 0 amide bonds. The summed E-state index contributed by atoms with van der Waals surface area (Å²) in [6.45, 7) is 2.06. The number of halogens is 4. The number of hydrogen-bond acceptors (Lipinski definition) is 0. The Morgan fingerprint density at radius 2 is 0.972 bits per heavy atom. The molecule has 4 heterocycles. The summed E-state index contributed by atoms with van der Waals surface area (Å²) in [4.78, 5) is 7.01. The fraction of sp³-hybridized carbons (Fsp3) is 0.214. The highest BCUT2D eigenvalue weighted by atomic mass is 79.9. The molecule has 0 aliphatic rings. The van der Waals surface area contributed by atoms with Crippen LogP contribution in [0.5, 0.6) is 0 Å². The molecule has 36 heavy (non-hydrogen) atoms. The topological polar surface area (TPSA) is 39.3 Å². The van der Waals surface area contributed by atoms with Gasteiger partial charge in [-0.3, -0.25) is 0 Å². The third kappa shape index (κ3) is 5.42. The van der Waals surface area contributed by atoms with Crippen LogP contribution in [0.25, 0.3) is 43.6 Å². The zero-order valence-electron chi connectivity index (χ0n) is 19.6. The summed E-state index contributed by atoms with van der Waals surface area (Å²) in [6.07, 6.45) is 13.6. The Labute approximate surface area is 240 Å². The van der Waals surface area contributed by atoms with Gasteiger partial charge in [-0.15, -0.1) is 0 Å².